The number of piperidine rings is 1. The molecule has 0 spiro atoms. The number of nitrogens with one attached hydrogen (secondary N) is 1. The zero-order valence-corrected chi connectivity index (χ0v) is 9.92. The van der Waals surface area contributed by atoms with Crippen molar-refractivity contribution >= 4 is 5.82 Å². The van der Waals surface area contributed by atoms with Crippen LogP contribution in [0.4, 0.5) is 14.6 Å². The molecule has 0 radical (unpaired) electrons. The summed E-state index contributed by atoms with van der Waals surface area (Å²) in [7, 11) is 1.94. The van der Waals surface area contributed by atoms with Gasteiger partial charge in [-0.25, -0.2) is 13.8 Å². The Hall–Kier alpha value is -1.23. The fourth-order valence-corrected chi connectivity index (χ4v) is 2.28. The van der Waals surface area contributed by atoms with E-state index in [1.807, 2.05) is 11.9 Å². The van der Waals surface area contributed by atoms with Gasteiger partial charge in [-0.15, -0.1) is 0 Å². The molecule has 1 aliphatic rings. The lowest BCUT2D eigenvalue weighted by molar-refractivity contribution is 0.389. The molecule has 94 valence electrons. The molecule has 17 heavy (non-hydrogen) atoms. The summed E-state index contributed by atoms with van der Waals surface area (Å²) < 4.78 is 26.3. The van der Waals surface area contributed by atoms with Crippen molar-refractivity contribution in [1.29, 1.82) is 0 Å². The molecule has 2 rings (SSSR count). The minimum absolute atomic E-state index is 0.273. The van der Waals surface area contributed by atoms with E-state index in [9.17, 15) is 8.78 Å². The Labute approximate surface area is 99.8 Å². The highest BCUT2D eigenvalue weighted by Crippen LogP contribution is 2.23. The number of halogens is 2. The summed E-state index contributed by atoms with van der Waals surface area (Å²) in [6, 6.07) is 0.891. The Morgan fingerprint density at radius 1 is 1.41 bits per heavy atom. The van der Waals surface area contributed by atoms with E-state index in [1.165, 1.54) is 0 Å². The van der Waals surface area contributed by atoms with Gasteiger partial charge in [-0.3, -0.25) is 0 Å². The Kier molecular flexibility index (Phi) is 3.89. The van der Waals surface area contributed by atoms with Crippen LogP contribution in [0.25, 0.3) is 0 Å². The van der Waals surface area contributed by atoms with E-state index in [0.29, 0.717) is 5.92 Å². The largest absolute Gasteiger partial charge is 0.354 e. The van der Waals surface area contributed by atoms with Crippen molar-refractivity contribution in [2.24, 2.45) is 5.92 Å². The number of hydrogen-bond donors (Lipinski definition) is 1. The van der Waals surface area contributed by atoms with Crippen molar-refractivity contribution < 1.29 is 8.78 Å². The van der Waals surface area contributed by atoms with E-state index in [2.05, 4.69) is 10.3 Å². The summed E-state index contributed by atoms with van der Waals surface area (Å²) in [5, 5.41) is 3.15. The van der Waals surface area contributed by atoms with Crippen LogP contribution in [0.2, 0.25) is 0 Å². The smallest absolute Gasteiger partial charge is 0.168 e. The first kappa shape index (κ1) is 12.2. The average Bonchev–Trinajstić information content (AvgIpc) is 2.31. The van der Waals surface area contributed by atoms with Gasteiger partial charge in [-0.1, -0.05) is 0 Å². The molecule has 5 heteroatoms. The lowest BCUT2D eigenvalue weighted by atomic mass is 9.97. The number of aromatic nitrogens is 1. The van der Waals surface area contributed by atoms with Crippen molar-refractivity contribution in [2.75, 3.05) is 31.6 Å². The van der Waals surface area contributed by atoms with Crippen molar-refractivity contribution in [2.45, 2.75) is 12.8 Å². The average molecular weight is 241 g/mol. The van der Waals surface area contributed by atoms with Crippen LogP contribution in [0.5, 0.6) is 0 Å². The fourth-order valence-electron chi connectivity index (χ4n) is 2.28. The predicted octanol–water partition coefficient (Wildman–Crippen LogP) is 1.80. The number of pyridine rings is 1. The number of anilines is 1. The molecule has 0 saturated carbocycles. The highest BCUT2D eigenvalue weighted by Gasteiger charge is 2.21. The SMILES string of the molecule is CNCC1CCN(c2ncc(F)cc2F)CC1. The summed E-state index contributed by atoms with van der Waals surface area (Å²) in [6.07, 6.45) is 3.09. The van der Waals surface area contributed by atoms with Crippen LogP contribution in [0.1, 0.15) is 12.8 Å². The third-order valence-electron chi connectivity index (χ3n) is 3.20. The topological polar surface area (TPSA) is 28.2 Å². The third kappa shape index (κ3) is 2.91. The second kappa shape index (κ2) is 5.40. The number of nitrogens with zero attached hydrogens (tertiary/aromatic N) is 2. The molecule has 1 fully saturated rings. The first-order valence-corrected chi connectivity index (χ1v) is 5.91. The van der Waals surface area contributed by atoms with Gasteiger partial charge < -0.3 is 10.2 Å². The summed E-state index contributed by atoms with van der Waals surface area (Å²) in [4.78, 5) is 5.72. The van der Waals surface area contributed by atoms with Crippen LogP contribution in [0, 0.1) is 17.6 Å². The maximum atomic E-state index is 13.5. The normalized spacial score (nSPS) is 17.5. The Morgan fingerprint density at radius 3 is 2.71 bits per heavy atom. The van der Waals surface area contributed by atoms with E-state index in [1.54, 1.807) is 0 Å². The van der Waals surface area contributed by atoms with Gasteiger partial charge in [0.05, 0.1) is 6.20 Å². The van der Waals surface area contributed by atoms with E-state index < -0.39 is 11.6 Å². The minimum atomic E-state index is -0.628. The molecule has 2 heterocycles. The number of hydrogen-bond acceptors (Lipinski definition) is 3. The molecule has 1 saturated heterocycles. The van der Waals surface area contributed by atoms with Crippen molar-refractivity contribution in [3.8, 4) is 0 Å². The monoisotopic (exact) mass is 241 g/mol. The molecule has 1 aromatic heterocycles. The lowest BCUT2D eigenvalue weighted by Crippen LogP contribution is -2.37. The van der Waals surface area contributed by atoms with E-state index in [4.69, 9.17) is 0 Å². The van der Waals surface area contributed by atoms with Gasteiger partial charge in [0, 0.05) is 19.2 Å². The molecule has 1 aromatic rings. The third-order valence-corrected chi connectivity index (χ3v) is 3.20. The van der Waals surface area contributed by atoms with E-state index in [0.717, 1.165) is 44.7 Å². The molecule has 0 unspecified atom stereocenters. The van der Waals surface area contributed by atoms with Crippen LogP contribution >= 0.6 is 0 Å². The maximum absolute atomic E-state index is 13.5. The van der Waals surface area contributed by atoms with Crippen LogP contribution in [0.15, 0.2) is 12.3 Å². The quantitative estimate of drug-likeness (QED) is 0.874. The molecule has 0 atom stereocenters. The second-order valence-corrected chi connectivity index (χ2v) is 4.45. The van der Waals surface area contributed by atoms with Gasteiger partial charge >= 0.3 is 0 Å². The summed E-state index contributed by atoms with van der Waals surface area (Å²) >= 11 is 0. The minimum Gasteiger partial charge on any atom is -0.354 e. The molecule has 0 aliphatic carbocycles. The van der Waals surface area contributed by atoms with Crippen LogP contribution in [-0.2, 0) is 0 Å². The summed E-state index contributed by atoms with van der Waals surface area (Å²) in [5.41, 5.74) is 0. The Bertz CT molecular complexity index is 376. The molecular formula is C12H17F2N3. The zero-order chi connectivity index (χ0) is 12.3. The van der Waals surface area contributed by atoms with Gasteiger partial charge in [0.1, 0.15) is 5.82 Å². The van der Waals surface area contributed by atoms with Crippen LogP contribution in [0.3, 0.4) is 0 Å². The van der Waals surface area contributed by atoms with Crippen molar-refractivity contribution in [1.82, 2.24) is 10.3 Å². The van der Waals surface area contributed by atoms with E-state index in [-0.39, 0.29) is 5.82 Å². The molecule has 1 aliphatic heterocycles. The first-order chi connectivity index (χ1) is 8.20. The van der Waals surface area contributed by atoms with Crippen molar-refractivity contribution in [3.63, 3.8) is 0 Å². The van der Waals surface area contributed by atoms with Gasteiger partial charge in [0.2, 0.25) is 0 Å². The zero-order valence-electron chi connectivity index (χ0n) is 9.92. The van der Waals surface area contributed by atoms with Crippen molar-refractivity contribution in [3.05, 3.63) is 23.9 Å². The molecular weight excluding hydrogens is 224 g/mol. The number of rotatable bonds is 3. The van der Waals surface area contributed by atoms with Crippen LogP contribution < -0.4 is 10.2 Å². The van der Waals surface area contributed by atoms with Gasteiger partial charge in [-0.05, 0) is 32.4 Å². The highest BCUT2D eigenvalue weighted by atomic mass is 19.1. The molecule has 0 bridgehead atoms. The molecule has 1 N–H and O–H groups in total. The molecule has 3 nitrogen and oxygen atoms in total. The molecule has 0 amide bonds. The Morgan fingerprint density at radius 2 is 2.12 bits per heavy atom. The summed E-state index contributed by atoms with van der Waals surface area (Å²) in [5.74, 6) is -0.289. The Balaban J connectivity index is 2.00. The standard InChI is InChI=1S/C12H17F2N3/c1-15-7-9-2-4-17(5-3-9)12-11(14)6-10(13)8-16-12/h6,8-9,15H,2-5,7H2,1H3. The molecule has 0 aromatic carbocycles. The second-order valence-electron chi connectivity index (χ2n) is 4.45. The fraction of sp³-hybridized carbons (Fsp3) is 0.583. The maximum Gasteiger partial charge on any atom is 0.168 e. The van der Waals surface area contributed by atoms with Gasteiger partial charge in [0.25, 0.3) is 0 Å². The first-order valence-electron chi connectivity index (χ1n) is 5.91. The summed E-state index contributed by atoms with van der Waals surface area (Å²) in [6.45, 7) is 2.55. The van der Waals surface area contributed by atoms with Crippen LogP contribution in [-0.4, -0.2) is 31.7 Å². The lowest BCUT2D eigenvalue weighted by Gasteiger charge is -2.32. The predicted molar refractivity (Wildman–Crippen MR) is 63.0 cm³/mol. The highest BCUT2D eigenvalue weighted by molar-refractivity contribution is 5.40. The van der Waals surface area contributed by atoms with E-state index >= 15 is 0 Å². The van der Waals surface area contributed by atoms with Gasteiger partial charge in [0.15, 0.2) is 11.6 Å². The van der Waals surface area contributed by atoms with Gasteiger partial charge in [-0.2, -0.15) is 0 Å².